The number of thiophene rings is 1. The van der Waals surface area contributed by atoms with E-state index in [1.807, 2.05) is 66.9 Å². The molecule has 354 valence electrons. The van der Waals surface area contributed by atoms with Crippen LogP contribution in [0.15, 0.2) is 63.5 Å². The van der Waals surface area contributed by atoms with Crippen molar-refractivity contribution >= 4 is 75.2 Å². The minimum Gasteiger partial charge on any atom is -0.377 e. The Labute approximate surface area is 399 Å². The van der Waals surface area contributed by atoms with Gasteiger partial charge in [-0.2, -0.15) is 4.98 Å². The van der Waals surface area contributed by atoms with Crippen LogP contribution in [-0.4, -0.2) is 122 Å². The van der Waals surface area contributed by atoms with Gasteiger partial charge in [-0.3, -0.25) is 38.3 Å². The Morgan fingerprint density at radius 2 is 1.58 bits per heavy atom. The molecule has 7 rings (SSSR count). The summed E-state index contributed by atoms with van der Waals surface area (Å²) in [4.78, 5) is 68.8. The SMILES string of the molecule is CC(=O)N[C@@H](CSc1nc2c(=O)[nH]c(N)nc2n1Cc1ccc(C)cc1)C(=O)NCCOCCOCCOCCNC(=O)C[C@@H]1N=C(c2ccc(Cl)cc2)c2c(sc(C)c2C)-n2c(C)nnc21. The molecule has 4 aromatic heterocycles. The van der Waals surface area contributed by atoms with E-state index in [4.69, 9.17) is 36.5 Å². The molecule has 1 aliphatic rings. The quantitative estimate of drug-likeness (QED) is 0.0475. The van der Waals surface area contributed by atoms with Crippen LogP contribution in [0.5, 0.6) is 0 Å². The van der Waals surface area contributed by atoms with E-state index >= 15 is 0 Å². The van der Waals surface area contributed by atoms with Crippen LogP contribution in [0, 0.1) is 27.7 Å². The standard InChI is InChI=1S/C45H53ClN12O7S2/c1-25-6-8-30(9-7-25)23-57-40-38(42(62)54-44(47)53-40)52-45(57)66-24-34(50-29(5)59)41(61)49-15-17-64-19-21-65-20-18-63-16-14-48-35(60)22-33-39-56-55-28(4)58(39)43-36(26(2)27(3)67-43)37(51-33)31-10-12-32(46)13-11-31/h6-13,33-34H,14-24H2,1-5H3,(H,48,60)(H,49,61)(H,50,59)(H3,47,53,54,62)/t33-,34-/m0/s1. The number of hydrogen-bond acceptors (Lipinski definition) is 15. The first-order valence-electron chi connectivity index (χ1n) is 21.6. The van der Waals surface area contributed by atoms with E-state index in [1.54, 1.807) is 15.9 Å². The highest BCUT2D eigenvalue weighted by Crippen LogP contribution is 2.39. The fourth-order valence-electron chi connectivity index (χ4n) is 7.28. The number of nitrogen functional groups attached to an aromatic ring is 1. The number of fused-ring (bicyclic) bond motifs is 4. The maximum Gasteiger partial charge on any atom is 0.280 e. The van der Waals surface area contributed by atoms with Crippen LogP contribution in [0.25, 0.3) is 16.2 Å². The van der Waals surface area contributed by atoms with E-state index in [0.717, 1.165) is 44.4 Å². The number of aryl methyl sites for hydroxylation is 3. The van der Waals surface area contributed by atoms with Gasteiger partial charge < -0.3 is 35.9 Å². The van der Waals surface area contributed by atoms with E-state index in [2.05, 4.69) is 54.9 Å². The zero-order valence-electron chi connectivity index (χ0n) is 37.8. The van der Waals surface area contributed by atoms with Crippen LogP contribution in [0.1, 0.15) is 63.7 Å². The number of H-pyrrole nitrogens is 1. The molecule has 0 saturated heterocycles. The van der Waals surface area contributed by atoms with Gasteiger partial charge in [-0.15, -0.1) is 21.5 Å². The van der Waals surface area contributed by atoms with E-state index in [0.29, 0.717) is 54.6 Å². The van der Waals surface area contributed by atoms with Gasteiger partial charge in [0, 0.05) is 46.8 Å². The Morgan fingerprint density at radius 3 is 2.27 bits per heavy atom. The maximum atomic E-state index is 13.2. The number of nitrogens with two attached hydrogens (primary N) is 1. The van der Waals surface area contributed by atoms with Crippen LogP contribution < -0.4 is 27.2 Å². The van der Waals surface area contributed by atoms with Crippen molar-refractivity contribution in [2.45, 2.75) is 64.8 Å². The number of aromatic amines is 1. The van der Waals surface area contributed by atoms with E-state index in [-0.39, 0.29) is 61.8 Å². The molecule has 0 aliphatic carbocycles. The number of amides is 3. The molecule has 5 heterocycles. The highest BCUT2D eigenvalue weighted by molar-refractivity contribution is 7.99. The predicted octanol–water partition coefficient (Wildman–Crippen LogP) is 4.14. The average molecular weight is 974 g/mol. The number of carbonyl (C=O) groups is 3. The molecular weight excluding hydrogens is 920 g/mol. The van der Waals surface area contributed by atoms with Gasteiger partial charge in [0.25, 0.3) is 5.56 Å². The number of thioether (sulfide) groups is 1. The third-order valence-corrected chi connectivity index (χ3v) is 13.2. The Morgan fingerprint density at radius 1 is 0.910 bits per heavy atom. The number of aliphatic imine (C=N–C) groups is 1. The number of nitrogens with one attached hydrogen (secondary N) is 4. The second kappa shape index (κ2) is 22.7. The van der Waals surface area contributed by atoms with Gasteiger partial charge in [-0.05, 0) is 51.0 Å². The second-order valence-corrected chi connectivity index (χ2v) is 18.4. The molecule has 0 bridgehead atoms. The molecule has 19 nitrogen and oxygen atoms in total. The molecule has 2 aromatic carbocycles. The minimum atomic E-state index is -0.899. The normalized spacial score (nSPS) is 13.7. The first-order valence-corrected chi connectivity index (χ1v) is 23.8. The number of anilines is 1. The molecule has 0 saturated carbocycles. The third-order valence-electron chi connectivity index (χ3n) is 10.7. The first-order chi connectivity index (χ1) is 32.3. The molecule has 3 amide bonds. The lowest BCUT2D eigenvalue weighted by atomic mass is 9.99. The van der Waals surface area contributed by atoms with E-state index in [1.165, 1.54) is 23.6 Å². The summed E-state index contributed by atoms with van der Waals surface area (Å²) in [5.74, 6) is 0.444. The molecule has 2 atom stereocenters. The molecule has 0 spiro atoms. The fraction of sp³-hybridized carbons (Fsp3) is 0.400. The summed E-state index contributed by atoms with van der Waals surface area (Å²) in [5, 5.41) is 19.3. The number of nitrogens with zero attached hydrogens (tertiary/aromatic N) is 7. The van der Waals surface area contributed by atoms with Crippen molar-refractivity contribution in [2.24, 2.45) is 4.99 Å². The summed E-state index contributed by atoms with van der Waals surface area (Å²) >= 11 is 9.09. The Hall–Kier alpha value is -5.97. The Balaban J connectivity index is 0.797. The predicted molar refractivity (Wildman–Crippen MR) is 258 cm³/mol. The number of rotatable bonds is 22. The number of halogens is 1. The summed E-state index contributed by atoms with van der Waals surface area (Å²) in [5.41, 5.74) is 11.7. The highest BCUT2D eigenvalue weighted by Gasteiger charge is 2.32. The smallest absolute Gasteiger partial charge is 0.280 e. The van der Waals surface area contributed by atoms with Gasteiger partial charge >= 0.3 is 0 Å². The molecule has 22 heteroatoms. The van der Waals surface area contributed by atoms with Crippen molar-refractivity contribution in [1.82, 2.24) is 50.2 Å². The fourth-order valence-corrected chi connectivity index (χ4v) is 9.63. The summed E-state index contributed by atoms with van der Waals surface area (Å²) in [6, 6.07) is 14.0. The second-order valence-electron chi connectivity index (χ2n) is 15.7. The van der Waals surface area contributed by atoms with Crippen LogP contribution in [0.3, 0.4) is 0 Å². The van der Waals surface area contributed by atoms with Crippen molar-refractivity contribution in [3.63, 3.8) is 0 Å². The molecule has 6 aromatic rings. The molecule has 67 heavy (non-hydrogen) atoms. The number of imidazole rings is 1. The van der Waals surface area contributed by atoms with Crippen molar-refractivity contribution in [2.75, 3.05) is 64.2 Å². The van der Waals surface area contributed by atoms with Gasteiger partial charge in [0.2, 0.25) is 23.7 Å². The van der Waals surface area contributed by atoms with Gasteiger partial charge in [-0.1, -0.05) is 65.3 Å². The Kier molecular flexibility index (Phi) is 16.6. The van der Waals surface area contributed by atoms with Crippen molar-refractivity contribution in [1.29, 1.82) is 0 Å². The van der Waals surface area contributed by atoms with Gasteiger partial charge in [-0.25, -0.2) is 4.98 Å². The van der Waals surface area contributed by atoms with Gasteiger partial charge in [0.1, 0.15) is 22.9 Å². The largest absolute Gasteiger partial charge is 0.377 e. The van der Waals surface area contributed by atoms with Gasteiger partial charge in [0.15, 0.2) is 22.1 Å². The Bertz CT molecular complexity index is 2800. The zero-order valence-corrected chi connectivity index (χ0v) is 40.2. The average Bonchev–Trinajstić information content (AvgIpc) is 3.91. The van der Waals surface area contributed by atoms with E-state index < -0.39 is 23.6 Å². The summed E-state index contributed by atoms with van der Waals surface area (Å²) in [7, 11) is 0. The molecule has 6 N–H and O–H groups in total. The lowest BCUT2D eigenvalue weighted by molar-refractivity contribution is -0.127. The van der Waals surface area contributed by atoms with Crippen molar-refractivity contribution < 1.29 is 28.6 Å². The van der Waals surface area contributed by atoms with E-state index in [9.17, 15) is 19.2 Å². The number of carbonyl (C=O) groups excluding carboxylic acids is 3. The topological polar surface area (TPSA) is 248 Å². The number of ether oxygens (including phenoxy) is 3. The number of benzene rings is 2. The van der Waals surface area contributed by atoms with Crippen LogP contribution in [0.4, 0.5) is 5.95 Å². The first kappa shape index (κ1) is 48.9. The lowest BCUT2D eigenvalue weighted by Gasteiger charge is -2.17. The van der Waals surface area contributed by atoms with Crippen LogP contribution >= 0.6 is 34.7 Å². The zero-order chi connectivity index (χ0) is 47.6. The third kappa shape index (κ3) is 12.3. The lowest BCUT2D eigenvalue weighted by Crippen LogP contribution is -2.48. The van der Waals surface area contributed by atoms with Gasteiger partial charge in [0.05, 0.1) is 58.3 Å². The van der Waals surface area contributed by atoms with Crippen molar-refractivity contribution in [3.8, 4) is 5.00 Å². The molecule has 0 fully saturated rings. The highest BCUT2D eigenvalue weighted by atomic mass is 35.5. The monoisotopic (exact) mass is 972 g/mol. The summed E-state index contributed by atoms with van der Waals surface area (Å²) in [6.45, 7) is 12.0. The maximum absolute atomic E-state index is 13.2. The number of hydrogen-bond donors (Lipinski definition) is 5. The molecule has 0 unspecified atom stereocenters. The molecule has 0 radical (unpaired) electrons. The minimum absolute atomic E-state index is 0.0398. The summed E-state index contributed by atoms with van der Waals surface area (Å²) in [6.07, 6.45) is 0.0722. The van der Waals surface area contributed by atoms with Crippen LogP contribution in [-0.2, 0) is 35.1 Å². The van der Waals surface area contributed by atoms with Crippen LogP contribution in [0.2, 0.25) is 5.02 Å². The summed E-state index contributed by atoms with van der Waals surface area (Å²) < 4.78 is 20.7. The molecule has 1 aliphatic heterocycles. The molecular formula is C45H53ClN12O7S2. The number of aromatic nitrogens is 7. The van der Waals surface area contributed by atoms with Crippen molar-refractivity contribution in [3.05, 3.63) is 108 Å².